The van der Waals surface area contributed by atoms with Crippen molar-refractivity contribution in [2.24, 2.45) is 11.8 Å². The minimum atomic E-state index is -0.110. The first kappa shape index (κ1) is 14.3. The molecule has 0 aromatic rings. The van der Waals surface area contributed by atoms with Gasteiger partial charge < -0.3 is 15.1 Å². The summed E-state index contributed by atoms with van der Waals surface area (Å²) in [6.07, 6.45) is 2.67. The van der Waals surface area contributed by atoms with E-state index >= 15 is 0 Å². The molecule has 2 aliphatic rings. The van der Waals surface area contributed by atoms with Crippen LogP contribution in [0.15, 0.2) is 0 Å². The number of amides is 2. The Morgan fingerprint density at radius 1 is 1.42 bits per heavy atom. The number of nitrogens with zero attached hydrogens (tertiary/aromatic N) is 2. The summed E-state index contributed by atoms with van der Waals surface area (Å²) in [5.74, 6) is 0.762. The molecule has 5 nitrogen and oxygen atoms in total. The summed E-state index contributed by atoms with van der Waals surface area (Å²) in [5, 5.41) is 3.19. The maximum absolute atomic E-state index is 12.5. The molecule has 19 heavy (non-hydrogen) atoms. The second kappa shape index (κ2) is 6.37. The quantitative estimate of drug-likeness (QED) is 0.798. The highest BCUT2D eigenvalue weighted by molar-refractivity contribution is 5.89. The molecule has 2 rings (SSSR count). The van der Waals surface area contributed by atoms with Crippen molar-refractivity contribution in [2.45, 2.75) is 26.2 Å². The fourth-order valence-corrected chi connectivity index (χ4v) is 3.22. The zero-order valence-electron chi connectivity index (χ0n) is 12.0. The third-order valence-electron chi connectivity index (χ3n) is 4.27. The van der Waals surface area contributed by atoms with Crippen LogP contribution >= 0.6 is 0 Å². The zero-order chi connectivity index (χ0) is 13.8. The lowest BCUT2D eigenvalue weighted by Gasteiger charge is -2.34. The molecular formula is C14H25N3O2. The van der Waals surface area contributed by atoms with Gasteiger partial charge in [-0.15, -0.1) is 0 Å². The molecule has 108 valence electrons. The van der Waals surface area contributed by atoms with Crippen LogP contribution in [0.4, 0.5) is 0 Å². The first-order chi connectivity index (χ1) is 9.15. The summed E-state index contributed by atoms with van der Waals surface area (Å²) in [6, 6.07) is 0. The van der Waals surface area contributed by atoms with Crippen LogP contribution in [0, 0.1) is 11.8 Å². The van der Waals surface area contributed by atoms with Crippen molar-refractivity contribution in [3.05, 3.63) is 0 Å². The number of hydrogen-bond acceptors (Lipinski definition) is 3. The molecule has 0 spiro atoms. The lowest BCUT2D eigenvalue weighted by molar-refractivity contribution is -0.137. The van der Waals surface area contributed by atoms with Gasteiger partial charge in [0.2, 0.25) is 11.8 Å². The first-order valence-corrected chi connectivity index (χ1v) is 7.36. The fourth-order valence-electron chi connectivity index (χ4n) is 3.22. The van der Waals surface area contributed by atoms with E-state index in [2.05, 4.69) is 5.32 Å². The molecule has 0 aromatic heterocycles. The normalized spacial score (nSPS) is 28.0. The Morgan fingerprint density at radius 3 is 2.84 bits per heavy atom. The largest absolute Gasteiger partial charge is 0.342 e. The fraction of sp³-hybridized carbons (Fsp3) is 0.857. The van der Waals surface area contributed by atoms with Crippen molar-refractivity contribution in [3.63, 3.8) is 0 Å². The van der Waals surface area contributed by atoms with Gasteiger partial charge in [0.15, 0.2) is 0 Å². The predicted molar refractivity (Wildman–Crippen MR) is 73.6 cm³/mol. The van der Waals surface area contributed by atoms with Gasteiger partial charge in [0.05, 0.1) is 5.92 Å². The van der Waals surface area contributed by atoms with Crippen LogP contribution in [0.5, 0.6) is 0 Å². The monoisotopic (exact) mass is 267 g/mol. The Bertz CT molecular complexity index is 344. The van der Waals surface area contributed by atoms with Gasteiger partial charge >= 0.3 is 0 Å². The van der Waals surface area contributed by atoms with Gasteiger partial charge in [0.1, 0.15) is 0 Å². The number of carbonyl (C=O) groups is 2. The average molecular weight is 267 g/mol. The van der Waals surface area contributed by atoms with Crippen molar-refractivity contribution < 1.29 is 9.59 Å². The second-order valence-corrected chi connectivity index (χ2v) is 5.68. The van der Waals surface area contributed by atoms with Crippen molar-refractivity contribution in [1.82, 2.24) is 15.1 Å². The summed E-state index contributed by atoms with van der Waals surface area (Å²) in [5.41, 5.74) is 0. The van der Waals surface area contributed by atoms with Crippen molar-refractivity contribution in [2.75, 3.05) is 39.8 Å². The van der Waals surface area contributed by atoms with Crippen LogP contribution in [-0.2, 0) is 9.59 Å². The van der Waals surface area contributed by atoms with Gasteiger partial charge in [0, 0.05) is 32.6 Å². The highest BCUT2D eigenvalue weighted by Gasteiger charge is 2.36. The Hall–Kier alpha value is -1.10. The number of piperidine rings is 1. The molecule has 2 heterocycles. The van der Waals surface area contributed by atoms with E-state index in [1.807, 2.05) is 18.9 Å². The van der Waals surface area contributed by atoms with Gasteiger partial charge in [-0.3, -0.25) is 9.59 Å². The molecule has 1 N–H and O–H groups in total. The lowest BCUT2D eigenvalue weighted by Crippen LogP contribution is -2.45. The van der Waals surface area contributed by atoms with Crippen LogP contribution in [-0.4, -0.2) is 61.4 Å². The summed E-state index contributed by atoms with van der Waals surface area (Å²) in [7, 11) is 1.95. The molecule has 0 bridgehead atoms. The van der Waals surface area contributed by atoms with E-state index in [9.17, 15) is 9.59 Å². The van der Waals surface area contributed by atoms with E-state index in [4.69, 9.17) is 0 Å². The Kier molecular flexibility index (Phi) is 4.80. The summed E-state index contributed by atoms with van der Waals surface area (Å²) in [4.78, 5) is 28.0. The second-order valence-electron chi connectivity index (χ2n) is 5.68. The van der Waals surface area contributed by atoms with Crippen molar-refractivity contribution in [3.8, 4) is 0 Å². The van der Waals surface area contributed by atoms with Crippen LogP contribution in [0.1, 0.15) is 26.2 Å². The standard InChI is InChI=1S/C14H25N3O2/c1-3-16-10-12(7-13(16)18)14(19)17-6-4-5-11(9-17)8-15-2/h11-12,15H,3-10H2,1-2H3. The average Bonchev–Trinajstić information content (AvgIpc) is 2.80. The molecule has 2 atom stereocenters. The number of rotatable bonds is 4. The molecule has 2 saturated heterocycles. The minimum absolute atomic E-state index is 0.110. The molecule has 2 aliphatic heterocycles. The van der Waals surface area contributed by atoms with Crippen LogP contribution in [0.3, 0.4) is 0 Å². The van der Waals surface area contributed by atoms with Gasteiger partial charge in [-0.05, 0) is 39.3 Å². The molecule has 0 aromatic carbocycles. The van der Waals surface area contributed by atoms with E-state index in [1.165, 1.54) is 6.42 Å². The smallest absolute Gasteiger partial charge is 0.228 e. The highest BCUT2D eigenvalue weighted by Crippen LogP contribution is 2.23. The van der Waals surface area contributed by atoms with E-state index in [1.54, 1.807) is 4.90 Å². The maximum Gasteiger partial charge on any atom is 0.228 e. The van der Waals surface area contributed by atoms with E-state index < -0.39 is 0 Å². The number of carbonyl (C=O) groups excluding carboxylic acids is 2. The summed E-state index contributed by atoms with van der Waals surface area (Å²) in [6.45, 7) is 5.96. The third kappa shape index (κ3) is 3.26. The molecule has 2 unspecified atom stereocenters. The molecule has 2 fully saturated rings. The van der Waals surface area contributed by atoms with E-state index in [-0.39, 0.29) is 17.7 Å². The van der Waals surface area contributed by atoms with Gasteiger partial charge in [-0.25, -0.2) is 0 Å². The number of likely N-dealkylation sites (tertiary alicyclic amines) is 2. The molecule has 5 heteroatoms. The predicted octanol–water partition coefficient (Wildman–Crippen LogP) is 0.313. The molecule has 0 radical (unpaired) electrons. The Morgan fingerprint density at radius 2 is 2.21 bits per heavy atom. The Balaban J connectivity index is 1.91. The number of nitrogens with one attached hydrogen (secondary N) is 1. The van der Waals surface area contributed by atoms with E-state index in [0.717, 1.165) is 26.1 Å². The first-order valence-electron chi connectivity index (χ1n) is 7.36. The third-order valence-corrected chi connectivity index (χ3v) is 4.27. The van der Waals surface area contributed by atoms with Gasteiger partial charge in [-0.2, -0.15) is 0 Å². The molecule has 0 aliphatic carbocycles. The SMILES string of the molecule is CCN1CC(C(=O)N2CCCC(CNC)C2)CC1=O. The van der Waals surface area contributed by atoms with Crippen LogP contribution in [0.25, 0.3) is 0 Å². The lowest BCUT2D eigenvalue weighted by atomic mass is 9.96. The van der Waals surface area contributed by atoms with E-state index in [0.29, 0.717) is 25.4 Å². The highest BCUT2D eigenvalue weighted by atomic mass is 16.2. The number of hydrogen-bond donors (Lipinski definition) is 1. The maximum atomic E-state index is 12.5. The van der Waals surface area contributed by atoms with Crippen molar-refractivity contribution in [1.29, 1.82) is 0 Å². The topological polar surface area (TPSA) is 52.7 Å². The van der Waals surface area contributed by atoms with Gasteiger partial charge in [0.25, 0.3) is 0 Å². The zero-order valence-corrected chi connectivity index (χ0v) is 12.0. The van der Waals surface area contributed by atoms with Crippen LogP contribution in [0.2, 0.25) is 0 Å². The summed E-state index contributed by atoms with van der Waals surface area (Å²) >= 11 is 0. The van der Waals surface area contributed by atoms with Crippen LogP contribution < -0.4 is 5.32 Å². The minimum Gasteiger partial charge on any atom is -0.342 e. The molecular weight excluding hydrogens is 242 g/mol. The molecule has 0 saturated carbocycles. The summed E-state index contributed by atoms with van der Waals surface area (Å²) < 4.78 is 0. The van der Waals surface area contributed by atoms with Gasteiger partial charge in [-0.1, -0.05) is 0 Å². The Labute approximate surface area is 115 Å². The van der Waals surface area contributed by atoms with Crippen molar-refractivity contribution >= 4 is 11.8 Å². The molecule has 2 amide bonds.